The number of rotatable bonds is 1. The van der Waals surface area contributed by atoms with E-state index >= 15 is 0 Å². The van der Waals surface area contributed by atoms with Gasteiger partial charge in [-0.1, -0.05) is 19.8 Å². The first-order chi connectivity index (χ1) is 4.33. The number of hydrogen-bond acceptors (Lipinski definition) is 1. The van der Waals surface area contributed by atoms with Crippen LogP contribution in [0.15, 0.2) is 0 Å². The average molecular weight is 126 g/mol. The van der Waals surface area contributed by atoms with E-state index in [-0.39, 0.29) is 0 Å². The van der Waals surface area contributed by atoms with Gasteiger partial charge >= 0.3 is 0 Å². The molecule has 0 heterocycles. The zero-order valence-corrected chi connectivity index (χ0v) is 5.97. The van der Waals surface area contributed by atoms with Crippen molar-refractivity contribution < 1.29 is 0 Å². The average Bonchev–Trinajstić information content (AvgIpc) is 1.88. The van der Waals surface area contributed by atoms with Crippen molar-refractivity contribution in [3.63, 3.8) is 0 Å². The Morgan fingerprint density at radius 1 is 1.44 bits per heavy atom. The summed E-state index contributed by atoms with van der Waals surface area (Å²) in [5, 5.41) is 0. The predicted octanol–water partition coefficient (Wildman–Crippen LogP) is 1.59. The zero-order chi connectivity index (χ0) is 6.69. The molecule has 2 N–H and O–H groups in total. The third kappa shape index (κ3) is 1.98. The van der Waals surface area contributed by atoms with Crippen molar-refractivity contribution in [2.45, 2.75) is 25.7 Å². The van der Waals surface area contributed by atoms with Gasteiger partial charge in [0.1, 0.15) is 0 Å². The van der Waals surface area contributed by atoms with Crippen LogP contribution < -0.4 is 5.73 Å². The van der Waals surface area contributed by atoms with Gasteiger partial charge in [-0.2, -0.15) is 0 Å². The van der Waals surface area contributed by atoms with Gasteiger partial charge in [-0.05, 0) is 31.2 Å². The minimum Gasteiger partial charge on any atom is -0.330 e. The maximum atomic E-state index is 5.54. The largest absolute Gasteiger partial charge is 0.330 e. The van der Waals surface area contributed by atoms with E-state index in [1.165, 1.54) is 25.7 Å². The topological polar surface area (TPSA) is 26.0 Å². The number of nitrogens with two attached hydrogens (primary N) is 1. The highest BCUT2D eigenvalue weighted by molar-refractivity contribution is 4.74. The molecule has 2 unspecified atom stereocenters. The molecular weight excluding hydrogens is 110 g/mol. The SMILES string of the molecule is [CH2]C1CCCC(CN)C1. The van der Waals surface area contributed by atoms with Crippen LogP contribution in [0.3, 0.4) is 0 Å². The van der Waals surface area contributed by atoms with Crippen LogP contribution in [0.2, 0.25) is 0 Å². The monoisotopic (exact) mass is 126 g/mol. The van der Waals surface area contributed by atoms with E-state index in [1.54, 1.807) is 0 Å². The summed E-state index contributed by atoms with van der Waals surface area (Å²) in [4.78, 5) is 0. The van der Waals surface area contributed by atoms with E-state index in [0.29, 0.717) is 5.92 Å². The van der Waals surface area contributed by atoms with Gasteiger partial charge in [0.05, 0.1) is 0 Å². The second-order valence-corrected chi connectivity index (χ2v) is 3.13. The lowest BCUT2D eigenvalue weighted by Crippen LogP contribution is -2.21. The molecule has 1 heteroatoms. The summed E-state index contributed by atoms with van der Waals surface area (Å²) in [7, 11) is 0. The van der Waals surface area contributed by atoms with Gasteiger partial charge in [-0.15, -0.1) is 0 Å². The normalized spacial score (nSPS) is 36.7. The molecule has 0 spiro atoms. The molecule has 0 amide bonds. The van der Waals surface area contributed by atoms with Gasteiger partial charge in [0.2, 0.25) is 0 Å². The molecule has 9 heavy (non-hydrogen) atoms. The van der Waals surface area contributed by atoms with E-state index in [2.05, 4.69) is 6.92 Å². The van der Waals surface area contributed by atoms with Crippen LogP contribution >= 0.6 is 0 Å². The Kier molecular flexibility index (Phi) is 2.52. The molecular formula is C8H16N. The van der Waals surface area contributed by atoms with Crippen molar-refractivity contribution in [1.82, 2.24) is 0 Å². The minimum atomic E-state index is 0.687. The molecule has 1 saturated carbocycles. The first kappa shape index (κ1) is 7.07. The lowest BCUT2D eigenvalue weighted by molar-refractivity contribution is 0.309. The summed E-state index contributed by atoms with van der Waals surface area (Å²) in [6.07, 6.45) is 5.26. The van der Waals surface area contributed by atoms with E-state index in [4.69, 9.17) is 5.73 Å². The van der Waals surface area contributed by atoms with Crippen molar-refractivity contribution in [2.24, 2.45) is 17.6 Å². The Morgan fingerprint density at radius 2 is 2.22 bits per heavy atom. The summed E-state index contributed by atoms with van der Waals surface area (Å²) in [5.41, 5.74) is 5.54. The van der Waals surface area contributed by atoms with Crippen LogP contribution in [0.1, 0.15) is 25.7 Å². The zero-order valence-electron chi connectivity index (χ0n) is 5.97. The van der Waals surface area contributed by atoms with Crippen molar-refractivity contribution in [2.75, 3.05) is 6.54 Å². The molecule has 1 aliphatic carbocycles. The van der Waals surface area contributed by atoms with Crippen LogP contribution in [0.25, 0.3) is 0 Å². The molecule has 1 radical (unpaired) electrons. The third-order valence-electron chi connectivity index (χ3n) is 2.22. The highest BCUT2D eigenvalue weighted by Crippen LogP contribution is 2.26. The van der Waals surface area contributed by atoms with Crippen LogP contribution in [0, 0.1) is 18.8 Å². The Bertz CT molecular complexity index is 80.6. The van der Waals surface area contributed by atoms with Gasteiger partial charge in [0.15, 0.2) is 0 Å². The molecule has 1 aliphatic rings. The Hall–Kier alpha value is -0.0400. The van der Waals surface area contributed by atoms with E-state index in [9.17, 15) is 0 Å². The molecule has 0 aromatic rings. The van der Waals surface area contributed by atoms with Gasteiger partial charge in [0.25, 0.3) is 0 Å². The van der Waals surface area contributed by atoms with Crippen LogP contribution in [0.5, 0.6) is 0 Å². The maximum absolute atomic E-state index is 5.54. The van der Waals surface area contributed by atoms with Crippen molar-refractivity contribution >= 4 is 0 Å². The first-order valence-electron chi connectivity index (χ1n) is 3.86. The van der Waals surface area contributed by atoms with Crippen LogP contribution in [-0.4, -0.2) is 6.54 Å². The predicted molar refractivity (Wildman–Crippen MR) is 39.9 cm³/mol. The van der Waals surface area contributed by atoms with Gasteiger partial charge in [0, 0.05) is 0 Å². The lowest BCUT2D eigenvalue weighted by Gasteiger charge is -2.24. The van der Waals surface area contributed by atoms with Gasteiger partial charge in [-0.25, -0.2) is 0 Å². The molecule has 53 valence electrons. The summed E-state index contributed by atoms with van der Waals surface area (Å²) in [6.45, 7) is 4.91. The molecule has 1 nitrogen and oxygen atoms in total. The van der Waals surface area contributed by atoms with E-state index in [0.717, 1.165) is 12.5 Å². The molecule has 1 fully saturated rings. The summed E-state index contributed by atoms with van der Waals surface area (Å²) in [6, 6.07) is 0. The fraction of sp³-hybridized carbons (Fsp3) is 0.875. The quantitative estimate of drug-likeness (QED) is 0.567. The van der Waals surface area contributed by atoms with E-state index < -0.39 is 0 Å². The third-order valence-corrected chi connectivity index (χ3v) is 2.22. The first-order valence-corrected chi connectivity index (χ1v) is 3.86. The van der Waals surface area contributed by atoms with Gasteiger partial charge < -0.3 is 5.73 Å². The summed E-state index contributed by atoms with van der Waals surface area (Å²) < 4.78 is 0. The fourth-order valence-electron chi connectivity index (χ4n) is 1.62. The second-order valence-electron chi connectivity index (χ2n) is 3.13. The second kappa shape index (κ2) is 3.21. The van der Waals surface area contributed by atoms with Crippen molar-refractivity contribution in [3.8, 4) is 0 Å². The maximum Gasteiger partial charge on any atom is -0.00488 e. The Balaban J connectivity index is 2.23. The minimum absolute atomic E-state index is 0.687. The molecule has 0 aromatic heterocycles. The van der Waals surface area contributed by atoms with Crippen LogP contribution in [-0.2, 0) is 0 Å². The molecule has 0 aromatic carbocycles. The van der Waals surface area contributed by atoms with Gasteiger partial charge in [-0.3, -0.25) is 0 Å². The highest BCUT2D eigenvalue weighted by atomic mass is 14.5. The molecule has 2 atom stereocenters. The molecule has 0 aliphatic heterocycles. The summed E-state index contributed by atoms with van der Waals surface area (Å²) in [5.74, 6) is 1.47. The Morgan fingerprint density at radius 3 is 2.67 bits per heavy atom. The molecule has 0 bridgehead atoms. The highest BCUT2D eigenvalue weighted by Gasteiger charge is 2.16. The molecule has 1 rings (SSSR count). The standard InChI is InChI=1S/C8H16N/c1-7-3-2-4-8(5-7)6-9/h7-8H,1-6,9H2. The van der Waals surface area contributed by atoms with Crippen molar-refractivity contribution in [3.05, 3.63) is 6.92 Å². The molecule has 0 saturated heterocycles. The van der Waals surface area contributed by atoms with Crippen molar-refractivity contribution in [1.29, 1.82) is 0 Å². The van der Waals surface area contributed by atoms with Crippen LogP contribution in [0.4, 0.5) is 0 Å². The Labute approximate surface area is 57.6 Å². The lowest BCUT2D eigenvalue weighted by atomic mass is 9.83. The fourth-order valence-corrected chi connectivity index (χ4v) is 1.62. The number of hydrogen-bond donors (Lipinski definition) is 1. The smallest absolute Gasteiger partial charge is 0.00488 e. The summed E-state index contributed by atoms with van der Waals surface area (Å²) >= 11 is 0. The van der Waals surface area contributed by atoms with E-state index in [1.807, 2.05) is 0 Å².